The summed E-state index contributed by atoms with van der Waals surface area (Å²) in [6.07, 6.45) is 2.20. The van der Waals surface area contributed by atoms with Gasteiger partial charge in [-0.1, -0.05) is 0 Å². The Hall–Kier alpha value is -1.54. The molecule has 0 spiro atoms. The molecule has 0 aromatic rings. The molecule has 164 valence electrons. The van der Waals surface area contributed by atoms with Crippen LogP contribution in [0.1, 0.15) is 60.8 Å². The third-order valence-corrected chi connectivity index (χ3v) is 4.22. The van der Waals surface area contributed by atoms with Gasteiger partial charge >= 0.3 is 12.2 Å². The third kappa shape index (κ3) is 10.1. The average molecular weight is 402 g/mol. The third-order valence-electron chi connectivity index (χ3n) is 4.22. The topological polar surface area (TPSA) is 89.1 Å². The molecule has 0 aromatic heterocycles. The predicted molar refractivity (Wildman–Crippen MR) is 108 cm³/mol. The van der Waals surface area contributed by atoms with Gasteiger partial charge in [-0.25, -0.2) is 9.59 Å². The molecule has 0 radical (unpaired) electrons. The zero-order valence-corrected chi connectivity index (χ0v) is 18.6. The van der Waals surface area contributed by atoms with E-state index in [1.165, 1.54) is 0 Å². The molecule has 0 saturated heterocycles. The van der Waals surface area contributed by atoms with E-state index in [2.05, 4.69) is 10.6 Å². The Morgan fingerprint density at radius 3 is 2.14 bits per heavy atom. The summed E-state index contributed by atoms with van der Waals surface area (Å²) in [7, 11) is 1.61. The van der Waals surface area contributed by atoms with Crippen LogP contribution < -0.4 is 10.6 Å². The highest BCUT2D eigenvalue weighted by Gasteiger charge is 2.30. The van der Waals surface area contributed by atoms with E-state index < -0.39 is 11.2 Å². The fraction of sp³-hybridized carbons (Fsp3) is 0.900. The van der Waals surface area contributed by atoms with Crippen LogP contribution in [-0.4, -0.2) is 73.7 Å². The molecule has 1 aliphatic rings. The summed E-state index contributed by atoms with van der Waals surface area (Å²) in [6, 6.07) is 0.194. The van der Waals surface area contributed by atoms with E-state index in [-0.39, 0.29) is 24.3 Å². The molecule has 1 rings (SSSR count). The number of methoxy groups -OCH3 is 1. The molecule has 0 aromatic carbocycles. The quantitative estimate of drug-likeness (QED) is 0.650. The lowest BCUT2D eigenvalue weighted by Gasteiger charge is -2.29. The molecule has 1 fully saturated rings. The van der Waals surface area contributed by atoms with Gasteiger partial charge in [0.05, 0.1) is 6.61 Å². The number of amides is 2. The number of hydrogen-bond acceptors (Lipinski definition) is 6. The average Bonchev–Trinajstić information content (AvgIpc) is 2.93. The van der Waals surface area contributed by atoms with Crippen molar-refractivity contribution >= 4 is 12.2 Å². The van der Waals surface area contributed by atoms with E-state index in [9.17, 15) is 9.59 Å². The standard InChI is InChI=1S/C20H39N3O5/c1-19(2,3)27-17(24)22-16-10-8-9-15(16)21-11-12-23(13-14-26-7)18(25)28-20(4,5)6/h15-16,21H,8-14H2,1-7H3,(H,22,24)/t15-,16-/m1/s1. The van der Waals surface area contributed by atoms with Crippen molar-refractivity contribution in [1.29, 1.82) is 0 Å². The molecular formula is C20H39N3O5. The van der Waals surface area contributed by atoms with E-state index >= 15 is 0 Å². The Morgan fingerprint density at radius 1 is 0.964 bits per heavy atom. The Labute approximate surface area is 169 Å². The lowest BCUT2D eigenvalue weighted by atomic mass is 10.1. The second-order valence-electron chi connectivity index (χ2n) is 9.20. The fourth-order valence-corrected chi connectivity index (χ4v) is 3.04. The molecule has 2 N–H and O–H groups in total. The molecule has 0 unspecified atom stereocenters. The fourth-order valence-electron chi connectivity index (χ4n) is 3.04. The molecular weight excluding hydrogens is 362 g/mol. The van der Waals surface area contributed by atoms with E-state index in [0.29, 0.717) is 26.2 Å². The molecule has 0 bridgehead atoms. The number of ether oxygens (including phenoxy) is 3. The van der Waals surface area contributed by atoms with Gasteiger partial charge in [-0.3, -0.25) is 0 Å². The van der Waals surface area contributed by atoms with Gasteiger partial charge in [0, 0.05) is 38.8 Å². The summed E-state index contributed by atoms with van der Waals surface area (Å²) in [5.74, 6) is 0. The van der Waals surface area contributed by atoms with Crippen molar-refractivity contribution in [3.05, 3.63) is 0 Å². The van der Waals surface area contributed by atoms with Gasteiger partial charge in [0.15, 0.2) is 0 Å². The first-order valence-electron chi connectivity index (χ1n) is 10.1. The molecule has 1 aliphatic carbocycles. The van der Waals surface area contributed by atoms with Crippen molar-refractivity contribution < 1.29 is 23.8 Å². The largest absolute Gasteiger partial charge is 0.444 e. The minimum absolute atomic E-state index is 0.0313. The molecule has 2 amide bonds. The van der Waals surface area contributed by atoms with Gasteiger partial charge in [-0.15, -0.1) is 0 Å². The first-order chi connectivity index (χ1) is 12.9. The summed E-state index contributed by atoms with van der Waals surface area (Å²) in [6.45, 7) is 13.1. The summed E-state index contributed by atoms with van der Waals surface area (Å²) >= 11 is 0. The molecule has 0 aliphatic heterocycles. The van der Waals surface area contributed by atoms with Crippen LogP contribution in [0.25, 0.3) is 0 Å². The number of hydrogen-bond donors (Lipinski definition) is 2. The Balaban J connectivity index is 2.50. The number of nitrogens with zero attached hydrogens (tertiary/aromatic N) is 1. The summed E-state index contributed by atoms with van der Waals surface area (Å²) < 4.78 is 15.9. The van der Waals surface area contributed by atoms with Crippen LogP contribution in [0.5, 0.6) is 0 Å². The first-order valence-corrected chi connectivity index (χ1v) is 10.1. The Bertz CT molecular complexity index is 499. The Kier molecular flexibility index (Phi) is 9.50. The molecule has 0 heterocycles. The zero-order chi connectivity index (χ0) is 21.4. The van der Waals surface area contributed by atoms with Crippen LogP contribution in [0.3, 0.4) is 0 Å². The van der Waals surface area contributed by atoms with Gasteiger partial charge in [0.2, 0.25) is 0 Å². The second-order valence-corrected chi connectivity index (χ2v) is 9.20. The smallest absolute Gasteiger partial charge is 0.410 e. The van der Waals surface area contributed by atoms with Crippen molar-refractivity contribution in [3.8, 4) is 0 Å². The highest BCUT2D eigenvalue weighted by molar-refractivity contribution is 5.68. The molecule has 1 saturated carbocycles. The molecule has 2 atom stereocenters. The van der Waals surface area contributed by atoms with Crippen molar-refractivity contribution in [2.45, 2.75) is 84.1 Å². The van der Waals surface area contributed by atoms with Crippen LogP contribution >= 0.6 is 0 Å². The summed E-state index contributed by atoms with van der Waals surface area (Å²) in [4.78, 5) is 26.1. The SMILES string of the molecule is COCCN(CCN[C@@H]1CCC[C@H]1NC(=O)OC(C)(C)C)C(=O)OC(C)(C)C. The minimum atomic E-state index is -0.538. The van der Waals surface area contributed by atoms with Crippen molar-refractivity contribution in [1.82, 2.24) is 15.5 Å². The highest BCUT2D eigenvalue weighted by Crippen LogP contribution is 2.20. The van der Waals surface area contributed by atoms with Crippen LogP contribution in [-0.2, 0) is 14.2 Å². The van der Waals surface area contributed by atoms with Crippen LogP contribution in [0.4, 0.5) is 9.59 Å². The monoisotopic (exact) mass is 401 g/mol. The molecule has 8 heteroatoms. The number of alkyl carbamates (subject to hydrolysis) is 1. The van der Waals surface area contributed by atoms with Gasteiger partial charge < -0.3 is 29.7 Å². The van der Waals surface area contributed by atoms with Gasteiger partial charge in [-0.05, 0) is 60.8 Å². The first kappa shape index (κ1) is 24.5. The summed E-state index contributed by atoms with van der Waals surface area (Å²) in [5, 5.41) is 6.43. The van der Waals surface area contributed by atoms with Crippen molar-refractivity contribution in [3.63, 3.8) is 0 Å². The Morgan fingerprint density at radius 2 is 1.57 bits per heavy atom. The van der Waals surface area contributed by atoms with E-state index in [4.69, 9.17) is 14.2 Å². The minimum Gasteiger partial charge on any atom is -0.444 e. The molecule has 28 heavy (non-hydrogen) atoms. The van der Waals surface area contributed by atoms with Crippen molar-refractivity contribution in [2.24, 2.45) is 0 Å². The number of carbonyl (C=O) groups excluding carboxylic acids is 2. The van der Waals surface area contributed by atoms with E-state index in [1.807, 2.05) is 41.5 Å². The number of rotatable bonds is 8. The van der Waals surface area contributed by atoms with Gasteiger partial charge in [0.1, 0.15) is 11.2 Å². The van der Waals surface area contributed by atoms with Gasteiger partial charge in [0.25, 0.3) is 0 Å². The highest BCUT2D eigenvalue weighted by atomic mass is 16.6. The van der Waals surface area contributed by atoms with Crippen LogP contribution in [0.2, 0.25) is 0 Å². The predicted octanol–water partition coefficient (Wildman–Crippen LogP) is 2.91. The lowest BCUT2D eigenvalue weighted by Crippen LogP contribution is -2.50. The second kappa shape index (κ2) is 10.9. The lowest BCUT2D eigenvalue weighted by molar-refractivity contribution is 0.0202. The van der Waals surface area contributed by atoms with E-state index in [0.717, 1.165) is 19.3 Å². The van der Waals surface area contributed by atoms with Crippen LogP contribution in [0, 0.1) is 0 Å². The molecule has 8 nitrogen and oxygen atoms in total. The van der Waals surface area contributed by atoms with Gasteiger partial charge in [-0.2, -0.15) is 0 Å². The van der Waals surface area contributed by atoms with E-state index in [1.54, 1.807) is 12.0 Å². The zero-order valence-electron chi connectivity index (χ0n) is 18.6. The maximum Gasteiger partial charge on any atom is 0.410 e. The maximum absolute atomic E-state index is 12.4. The van der Waals surface area contributed by atoms with Crippen LogP contribution in [0.15, 0.2) is 0 Å². The maximum atomic E-state index is 12.4. The number of carbonyl (C=O) groups is 2. The summed E-state index contributed by atoms with van der Waals surface area (Å²) in [5.41, 5.74) is -1.05. The normalized spacial score (nSPS) is 20.0. The number of nitrogens with one attached hydrogen (secondary N) is 2. The van der Waals surface area contributed by atoms with Crippen molar-refractivity contribution in [2.75, 3.05) is 33.4 Å².